The van der Waals surface area contributed by atoms with Crippen LogP contribution in [-0.2, 0) is 16.0 Å². The van der Waals surface area contributed by atoms with E-state index in [0.717, 1.165) is 70.2 Å². The smallest absolute Gasteiger partial charge is 0.226 e. The molecule has 2 fully saturated rings. The van der Waals surface area contributed by atoms with Gasteiger partial charge >= 0.3 is 0 Å². The molecular weight excluding hydrogens is 436 g/mol. The Hall–Kier alpha value is -2.04. The van der Waals surface area contributed by atoms with Crippen LogP contribution in [0, 0.1) is 17.3 Å². The zero-order valence-corrected chi connectivity index (χ0v) is 22.0. The molecule has 3 aliphatic rings. The monoisotopic (exact) mass is 482 g/mol. The van der Waals surface area contributed by atoms with E-state index in [1.54, 1.807) is 0 Å². The van der Waals surface area contributed by atoms with E-state index in [1.165, 1.54) is 31.2 Å². The van der Waals surface area contributed by atoms with Crippen LogP contribution in [-0.4, -0.2) is 42.5 Å². The number of hydrogen-bond donors (Lipinski definition) is 1. The number of nitrogens with one attached hydrogen (secondary N) is 1. The Bertz CT molecular complexity index is 838. The number of para-hydroxylation sites is 1. The van der Waals surface area contributed by atoms with E-state index in [9.17, 15) is 9.59 Å². The lowest BCUT2D eigenvalue weighted by Crippen LogP contribution is -2.53. The molecule has 0 aromatic heterocycles. The molecule has 194 valence electrons. The normalized spacial score (nSPS) is 24.1. The summed E-state index contributed by atoms with van der Waals surface area (Å²) in [5.41, 5.74) is 0.908. The molecule has 1 spiro atoms. The van der Waals surface area contributed by atoms with Gasteiger partial charge in [-0.2, -0.15) is 0 Å². The minimum absolute atomic E-state index is 0.00443. The highest BCUT2D eigenvalue weighted by atomic mass is 16.5. The molecule has 0 radical (unpaired) electrons. The van der Waals surface area contributed by atoms with Crippen molar-refractivity contribution in [3.05, 3.63) is 29.8 Å². The van der Waals surface area contributed by atoms with E-state index in [4.69, 9.17) is 4.74 Å². The minimum Gasteiger partial charge on any atom is -0.491 e. The van der Waals surface area contributed by atoms with Crippen LogP contribution in [0.15, 0.2) is 24.3 Å². The van der Waals surface area contributed by atoms with Crippen LogP contribution >= 0.6 is 0 Å². The van der Waals surface area contributed by atoms with Crippen molar-refractivity contribution >= 4 is 11.8 Å². The molecule has 0 bridgehead atoms. The molecule has 2 amide bonds. The summed E-state index contributed by atoms with van der Waals surface area (Å²) in [6.45, 7) is 6.34. The number of likely N-dealkylation sites (tertiary alicyclic amines) is 1. The summed E-state index contributed by atoms with van der Waals surface area (Å²) < 4.78 is 6.28. The van der Waals surface area contributed by atoms with Gasteiger partial charge in [0.15, 0.2) is 0 Å². The maximum absolute atomic E-state index is 13.8. The fourth-order valence-electron chi connectivity index (χ4n) is 6.44. The topological polar surface area (TPSA) is 58.6 Å². The quantitative estimate of drug-likeness (QED) is 0.581. The van der Waals surface area contributed by atoms with Crippen LogP contribution in [0.25, 0.3) is 0 Å². The third-order valence-electron chi connectivity index (χ3n) is 8.60. The second-order valence-corrected chi connectivity index (χ2v) is 11.8. The summed E-state index contributed by atoms with van der Waals surface area (Å²) >= 11 is 0. The van der Waals surface area contributed by atoms with Gasteiger partial charge in [-0.15, -0.1) is 0 Å². The van der Waals surface area contributed by atoms with Crippen molar-refractivity contribution in [2.75, 3.05) is 19.7 Å². The molecule has 1 aliphatic carbocycles. The van der Waals surface area contributed by atoms with Gasteiger partial charge in [0.25, 0.3) is 0 Å². The van der Waals surface area contributed by atoms with Gasteiger partial charge in [0.05, 0.1) is 11.5 Å². The first-order valence-corrected chi connectivity index (χ1v) is 14.2. The van der Waals surface area contributed by atoms with E-state index >= 15 is 0 Å². The molecule has 0 unspecified atom stereocenters. The standard InChI is InChI=1S/C30H46N2O3/c1-23(2)20-26-22-35-27-14-8-7-13-25(27)12-4-3-9-15-30(29(34)31-26)16-18-32(19-17-30)28(33)21-24-10-5-6-11-24/h7-8,13-14,23-24,26H,3-6,9-12,15-22H2,1-2H3,(H,31,34)/t26-/m0/s1. The van der Waals surface area contributed by atoms with Gasteiger partial charge in [-0.05, 0) is 74.8 Å². The molecule has 2 aliphatic heterocycles. The third-order valence-corrected chi connectivity index (χ3v) is 8.60. The van der Waals surface area contributed by atoms with E-state index in [-0.39, 0.29) is 17.4 Å². The zero-order chi connectivity index (χ0) is 24.7. The molecule has 5 nitrogen and oxygen atoms in total. The highest BCUT2D eigenvalue weighted by Gasteiger charge is 2.42. The zero-order valence-electron chi connectivity index (χ0n) is 22.0. The molecule has 1 aromatic rings. The fraction of sp³-hybridized carbons (Fsp3) is 0.733. The van der Waals surface area contributed by atoms with Gasteiger partial charge in [-0.1, -0.05) is 57.7 Å². The predicted molar refractivity (Wildman–Crippen MR) is 140 cm³/mol. The Kier molecular flexibility index (Phi) is 9.13. The lowest BCUT2D eigenvalue weighted by Gasteiger charge is -2.42. The number of hydrogen-bond acceptors (Lipinski definition) is 3. The van der Waals surface area contributed by atoms with Crippen LogP contribution in [0.1, 0.15) is 96.5 Å². The molecule has 1 saturated carbocycles. The number of benzene rings is 1. The predicted octanol–water partition coefficient (Wildman–Crippen LogP) is 5.90. The van der Waals surface area contributed by atoms with E-state index in [0.29, 0.717) is 30.8 Å². The molecule has 1 aromatic carbocycles. The lowest BCUT2D eigenvalue weighted by molar-refractivity contribution is -0.142. The van der Waals surface area contributed by atoms with Gasteiger partial charge < -0.3 is 15.0 Å². The second kappa shape index (κ2) is 12.3. The molecule has 1 N–H and O–H groups in total. The molecular formula is C30H46N2O3. The van der Waals surface area contributed by atoms with Gasteiger partial charge in [-0.3, -0.25) is 9.59 Å². The fourth-order valence-corrected chi connectivity index (χ4v) is 6.44. The third kappa shape index (κ3) is 7.01. The van der Waals surface area contributed by atoms with Crippen molar-refractivity contribution in [2.24, 2.45) is 17.3 Å². The first-order chi connectivity index (χ1) is 16.9. The Labute approximate surface area is 212 Å². The average Bonchev–Trinajstić information content (AvgIpc) is 3.35. The number of ether oxygens (including phenoxy) is 1. The molecule has 1 saturated heterocycles. The summed E-state index contributed by atoms with van der Waals surface area (Å²) in [4.78, 5) is 28.8. The SMILES string of the molecule is CC(C)C[C@H]1COc2ccccc2CCCCCC2(CCN(C(=O)CC3CCCC3)CC2)C(=O)N1. The maximum Gasteiger partial charge on any atom is 0.226 e. The van der Waals surface area contributed by atoms with Crippen LogP contribution in [0.4, 0.5) is 0 Å². The number of carbonyl (C=O) groups excluding carboxylic acids is 2. The summed E-state index contributed by atoms with van der Waals surface area (Å²) in [5, 5.41) is 3.41. The van der Waals surface area contributed by atoms with Crippen LogP contribution in [0.2, 0.25) is 0 Å². The first-order valence-electron chi connectivity index (χ1n) is 14.2. The van der Waals surface area contributed by atoms with Crippen LogP contribution in [0.5, 0.6) is 5.75 Å². The number of aryl methyl sites for hydroxylation is 1. The summed E-state index contributed by atoms with van der Waals surface area (Å²) in [7, 11) is 0. The van der Waals surface area contributed by atoms with Crippen LogP contribution in [0.3, 0.4) is 0 Å². The Balaban J connectivity index is 1.44. The first kappa shape index (κ1) is 26.0. The van der Waals surface area contributed by atoms with Gasteiger partial charge in [0.2, 0.25) is 11.8 Å². The van der Waals surface area contributed by atoms with Crippen molar-refractivity contribution in [3.8, 4) is 5.75 Å². The highest BCUT2D eigenvalue weighted by molar-refractivity contribution is 5.84. The number of nitrogens with zero attached hydrogens (tertiary/aromatic N) is 1. The van der Waals surface area contributed by atoms with Crippen molar-refractivity contribution in [2.45, 2.75) is 103 Å². The van der Waals surface area contributed by atoms with Gasteiger partial charge in [0, 0.05) is 19.5 Å². The number of rotatable bonds is 4. The molecule has 2 heterocycles. The maximum atomic E-state index is 13.8. The number of piperidine rings is 1. The van der Waals surface area contributed by atoms with Crippen molar-refractivity contribution in [3.63, 3.8) is 0 Å². The lowest BCUT2D eigenvalue weighted by atomic mass is 9.73. The van der Waals surface area contributed by atoms with E-state index in [1.807, 2.05) is 11.0 Å². The van der Waals surface area contributed by atoms with Gasteiger partial charge in [-0.25, -0.2) is 0 Å². The number of carbonyl (C=O) groups is 2. The molecule has 1 atom stereocenters. The second-order valence-electron chi connectivity index (χ2n) is 11.8. The van der Waals surface area contributed by atoms with Crippen LogP contribution < -0.4 is 10.1 Å². The molecule has 5 heteroatoms. The Morgan fingerprint density at radius 1 is 1.06 bits per heavy atom. The highest BCUT2D eigenvalue weighted by Crippen LogP contribution is 2.39. The Morgan fingerprint density at radius 3 is 2.54 bits per heavy atom. The summed E-state index contributed by atoms with van der Waals surface area (Å²) in [5.74, 6) is 2.50. The van der Waals surface area contributed by atoms with Crippen molar-refractivity contribution in [1.82, 2.24) is 10.2 Å². The molecule has 4 rings (SSSR count). The minimum atomic E-state index is -0.361. The summed E-state index contributed by atoms with van der Waals surface area (Å²) in [6, 6.07) is 8.34. The largest absolute Gasteiger partial charge is 0.491 e. The van der Waals surface area contributed by atoms with E-state index < -0.39 is 0 Å². The molecule has 35 heavy (non-hydrogen) atoms. The van der Waals surface area contributed by atoms with Crippen molar-refractivity contribution in [1.29, 1.82) is 0 Å². The van der Waals surface area contributed by atoms with Gasteiger partial charge in [0.1, 0.15) is 12.4 Å². The Morgan fingerprint density at radius 2 is 1.80 bits per heavy atom. The number of amides is 2. The van der Waals surface area contributed by atoms with E-state index in [2.05, 4.69) is 37.4 Å². The summed E-state index contributed by atoms with van der Waals surface area (Å²) in [6.07, 6.45) is 13.3. The number of fused-ring (bicyclic) bond motifs is 1. The average molecular weight is 483 g/mol. The van der Waals surface area contributed by atoms with Crippen molar-refractivity contribution < 1.29 is 14.3 Å².